The third-order valence-electron chi connectivity index (χ3n) is 3.07. The first kappa shape index (κ1) is 13.0. The minimum Gasteiger partial charge on any atom is -0.348 e. The van der Waals surface area contributed by atoms with Gasteiger partial charge in [-0.3, -0.25) is 9.69 Å². The molecule has 5 nitrogen and oxygen atoms in total. The quantitative estimate of drug-likeness (QED) is 0.832. The van der Waals surface area contributed by atoms with Gasteiger partial charge in [0.05, 0.1) is 17.6 Å². The molecule has 1 aromatic rings. The van der Waals surface area contributed by atoms with E-state index in [1.54, 1.807) is 5.38 Å². The molecule has 6 heteroatoms. The summed E-state index contributed by atoms with van der Waals surface area (Å²) in [6.45, 7) is 4.11. The number of carbonyl (C=O) groups is 1. The topological polar surface area (TPSA) is 69.0 Å². The number of hydrogen-bond donors (Lipinski definition) is 1. The molecule has 2 heterocycles. The third-order valence-corrected chi connectivity index (χ3v) is 3.84. The first-order valence-electron chi connectivity index (χ1n) is 6.01. The van der Waals surface area contributed by atoms with Gasteiger partial charge >= 0.3 is 0 Å². The van der Waals surface area contributed by atoms with Gasteiger partial charge in [-0.2, -0.15) is 5.26 Å². The van der Waals surface area contributed by atoms with E-state index in [4.69, 9.17) is 5.26 Å². The van der Waals surface area contributed by atoms with Crippen LogP contribution in [-0.2, 0) is 0 Å². The van der Waals surface area contributed by atoms with E-state index in [-0.39, 0.29) is 11.9 Å². The Hall–Kier alpha value is -1.45. The van der Waals surface area contributed by atoms with Gasteiger partial charge < -0.3 is 5.32 Å². The normalized spacial score (nSPS) is 17.3. The van der Waals surface area contributed by atoms with E-state index in [1.165, 1.54) is 11.3 Å². The molecule has 0 bridgehead atoms. The van der Waals surface area contributed by atoms with Crippen LogP contribution in [0.3, 0.4) is 0 Å². The van der Waals surface area contributed by atoms with Crippen molar-refractivity contribution in [3.63, 3.8) is 0 Å². The van der Waals surface area contributed by atoms with E-state index >= 15 is 0 Å². The van der Waals surface area contributed by atoms with Crippen molar-refractivity contribution >= 4 is 17.2 Å². The summed E-state index contributed by atoms with van der Waals surface area (Å²) in [5.41, 5.74) is 0.511. The van der Waals surface area contributed by atoms with Gasteiger partial charge in [-0.1, -0.05) is 0 Å². The number of nitrogens with one attached hydrogen (secondary N) is 1. The summed E-state index contributed by atoms with van der Waals surface area (Å²) in [6.07, 6.45) is 1.80. The number of rotatable bonds is 3. The van der Waals surface area contributed by atoms with Crippen LogP contribution in [0.1, 0.15) is 28.3 Å². The molecular weight excluding hydrogens is 248 g/mol. The van der Waals surface area contributed by atoms with Gasteiger partial charge in [-0.25, -0.2) is 4.98 Å². The number of aryl methyl sites for hydroxylation is 1. The van der Waals surface area contributed by atoms with Gasteiger partial charge in [-0.15, -0.1) is 11.3 Å². The van der Waals surface area contributed by atoms with Crippen LogP contribution in [0.2, 0.25) is 0 Å². The lowest BCUT2D eigenvalue weighted by molar-refractivity contribution is 0.0910. The Morgan fingerprint density at radius 2 is 2.39 bits per heavy atom. The second-order valence-electron chi connectivity index (χ2n) is 4.43. The number of nitriles is 1. The molecule has 2 rings (SSSR count). The maximum Gasteiger partial charge on any atom is 0.270 e. The first-order valence-corrected chi connectivity index (χ1v) is 6.89. The van der Waals surface area contributed by atoms with Gasteiger partial charge in [0.25, 0.3) is 5.91 Å². The van der Waals surface area contributed by atoms with Gasteiger partial charge in [0.2, 0.25) is 0 Å². The van der Waals surface area contributed by atoms with Crippen LogP contribution < -0.4 is 5.32 Å². The molecule has 1 fully saturated rings. The summed E-state index contributed by atoms with van der Waals surface area (Å²) in [7, 11) is 0. The molecule has 1 N–H and O–H groups in total. The van der Waals surface area contributed by atoms with Crippen molar-refractivity contribution in [2.75, 3.05) is 19.6 Å². The van der Waals surface area contributed by atoms with Crippen molar-refractivity contribution in [2.45, 2.75) is 25.8 Å². The fourth-order valence-corrected chi connectivity index (χ4v) is 2.66. The Bertz CT molecular complexity index is 457. The third kappa shape index (κ3) is 3.28. The molecule has 0 aromatic carbocycles. The minimum atomic E-state index is -0.0851. The summed E-state index contributed by atoms with van der Waals surface area (Å²) in [6, 6.07) is 2.35. The number of nitrogens with zero attached hydrogens (tertiary/aromatic N) is 3. The molecule has 0 radical (unpaired) electrons. The fraction of sp³-hybridized carbons (Fsp3) is 0.583. The predicted octanol–water partition coefficient (Wildman–Crippen LogP) is 1.17. The van der Waals surface area contributed by atoms with Crippen LogP contribution in [0, 0.1) is 18.3 Å². The number of likely N-dealkylation sites (tertiary alicyclic amines) is 1. The molecule has 1 saturated heterocycles. The number of hydrogen-bond acceptors (Lipinski definition) is 5. The molecule has 0 aliphatic carbocycles. The fourth-order valence-electron chi connectivity index (χ4n) is 2.06. The molecule has 0 atom stereocenters. The summed E-state index contributed by atoms with van der Waals surface area (Å²) in [4.78, 5) is 18.2. The lowest BCUT2D eigenvalue weighted by atomic mass is 10.1. The van der Waals surface area contributed by atoms with Crippen molar-refractivity contribution in [3.8, 4) is 6.07 Å². The predicted molar refractivity (Wildman–Crippen MR) is 69.4 cm³/mol. The molecule has 18 heavy (non-hydrogen) atoms. The smallest absolute Gasteiger partial charge is 0.270 e. The zero-order chi connectivity index (χ0) is 13.0. The second-order valence-corrected chi connectivity index (χ2v) is 5.50. The molecule has 96 valence electrons. The summed E-state index contributed by atoms with van der Waals surface area (Å²) in [5.74, 6) is -0.0851. The van der Waals surface area contributed by atoms with Crippen molar-refractivity contribution in [1.82, 2.24) is 15.2 Å². The van der Waals surface area contributed by atoms with Crippen LogP contribution in [0.4, 0.5) is 0 Å². The maximum absolute atomic E-state index is 11.9. The van der Waals surface area contributed by atoms with E-state index in [2.05, 4.69) is 21.3 Å². The Morgan fingerprint density at radius 3 is 2.94 bits per heavy atom. The number of amides is 1. The Morgan fingerprint density at radius 1 is 1.67 bits per heavy atom. The highest BCUT2D eigenvalue weighted by Crippen LogP contribution is 2.12. The van der Waals surface area contributed by atoms with Crippen molar-refractivity contribution in [1.29, 1.82) is 5.26 Å². The Kier molecular flexibility index (Phi) is 4.28. The van der Waals surface area contributed by atoms with Gasteiger partial charge in [0, 0.05) is 24.5 Å². The van der Waals surface area contributed by atoms with Crippen LogP contribution in [-0.4, -0.2) is 41.5 Å². The second kappa shape index (κ2) is 5.94. The Labute approximate surface area is 110 Å². The number of carbonyl (C=O) groups excluding carboxylic acids is 1. The van der Waals surface area contributed by atoms with Crippen molar-refractivity contribution in [2.24, 2.45) is 0 Å². The van der Waals surface area contributed by atoms with E-state index < -0.39 is 0 Å². The molecule has 1 aromatic heterocycles. The van der Waals surface area contributed by atoms with Gasteiger partial charge in [0.1, 0.15) is 5.69 Å². The highest BCUT2D eigenvalue weighted by Gasteiger charge is 2.21. The monoisotopic (exact) mass is 264 g/mol. The summed E-state index contributed by atoms with van der Waals surface area (Å²) < 4.78 is 0. The van der Waals surface area contributed by atoms with E-state index in [1.807, 2.05) is 6.92 Å². The lowest BCUT2D eigenvalue weighted by Crippen LogP contribution is -2.44. The van der Waals surface area contributed by atoms with Crippen LogP contribution in [0.5, 0.6) is 0 Å². The average Bonchev–Trinajstić information content (AvgIpc) is 2.79. The van der Waals surface area contributed by atoms with E-state index in [9.17, 15) is 4.79 Å². The molecule has 1 amide bonds. The zero-order valence-corrected chi connectivity index (χ0v) is 11.2. The zero-order valence-electron chi connectivity index (χ0n) is 10.3. The number of piperidine rings is 1. The molecule has 1 aliphatic rings. The summed E-state index contributed by atoms with van der Waals surface area (Å²) in [5, 5.41) is 14.3. The van der Waals surface area contributed by atoms with Gasteiger partial charge in [0.15, 0.2) is 0 Å². The molecule has 0 spiro atoms. The van der Waals surface area contributed by atoms with E-state index in [0.29, 0.717) is 12.2 Å². The first-order chi connectivity index (χ1) is 8.69. The standard InChI is InChI=1S/C12H16N4OS/c1-9-14-11(8-18-9)12(17)15-10-2-5-16(6-3-10)7-4-13/h8,10H,2-3,5-7H2,1H3,(H,15,17). The minimum absolute atomic E-state index is 0.0851. The average molecular weight is 264 g/mol. The van der Waals surface area contributed by atoms with Crippen LogP contribution >= 0.6 is 11.3 Å². The number of thiazole rings is 1. The Balaban J connectivity index is 1.81. The molecular formula is C12H16N4OS. The van der Waals surface area contributed by atoms with Crippen LogP contribution in [0.25, 0.3) is 0 Å². The number of aromatic nitrogens is 1. The summed E-state index contributed by atoms with van der Waals surface area (Å²) >= 11 is 1.49. The molecule has 0 saturated carbocycles. The maximum atomic E-state index is 11.9. The van der Waals surface area contributed by atoms with Crippen molar-refractivity contribution in [3.05, 3.63) is 16.1 Å². The molecule has 1 aliphatic heterocycles. The largest absolute Gasteiger partial charge is 0.348 e. The lowest BCUT2D eigenvalue weighted by Gasteiger charge is -2.30. The van der Waals surface area contributed by atoms with Crippen LogP contribution in [0.15, 0.2) is 5.38 Å². The highest BCUT2D eigenvalue weighted by atomic mass is 32.1. The van der Waals surface area contributed by atoms with E-state index in [0.717, 1.165) is 30.9 Å². The highest BCUT2D eigenvalue weighted by molar-refractivity contribution is 7.09. The molecule has 0 unspecified atom stereocenters. The SMILES string of the molecule is Cc1nc(C(=O)NC2CCN(CC#N)CC2)cs1. The van der Waals surface area contributed by atoms with Gasteiger partial charge in [-0.05, 0) is 19.8 Å². The van der Waals surface area contributed by atoms with Crippen molar-refractivity contribution < 1.29 is 4.79 Å².